The van der Waals surface area contributed by atoms with E-state index in [4.69, 9.17) is 6.42 Å². The standard InChI is InChI=1S/C20H27BrO/c1-3-20(22)11-9-18-17-6-4-13-12-14(21)5-7-15(13)16(17)8-10-19(18,20)2/h1,12,14-18,22H,4-11H2,2H3/t14?,15-,16+,17+,18-,19-,20-/m0/s1. The van der Waals surface area contributed by atoms with Crippen LogP contribution in [0, 0.1) is 41.4 Å². The van der Waals surface area contributed by atoms with E-state index in [1.807, 2.05) is 0 Å². The van der Waals surface area contributed by atoms with Crippen molar-refractivity contribution < 1.29 is 5.11 Å². The van der Waals surface area contributed by atoms with Crippen LogP contribution in [0.3, 0.4) is 0 Å². The van der Waals surface area contributed by atoms with Gasteiger partial charge in [0.1, 0.15) is 5.60 Å². The van der Waals surface area contributed by atoms with Crippen molar-refractivity contribution in [3.8, 4) is 12.3 Å². The molecule has 0 spiro atoms. The first-order valence-corrected chi connectivity index (χ1v) is 9.95. The van der Waals surface area contributed by atoms with Crippen molar-refractivity contribution in [3.05, 3.63) is 11.6 Å². The molecule has 22 heavy (non-hydrogen) atoms. The van der Waals surface area contributed by atoms with Gasteiger partial charge in [-0.05, 0) is 75.0 Å². The summed E-state index contributed by atoms with van der Waals surface area (Å²) >= 11 is 3.78. The second-order valence-electron chi connectivity index (χ2n) is 8.41. The monoisotopic (exact) mass is 362 g/mol. The summed E-state index contributed by atoms with van der Waals surface area (Å²) in [6, 6.07) is 0. The number of hydrogen-bond donors (Lipinski definition) is 1. The van der Waals surface area contributed by atoms with Crippen molar-refractivity contribution in [2.75, 3.05) is 0 Å². The van der Waals surface area contributed by atoms with Gasteiger partial charge < -0.3 is 5.11 Å². The van der Waals surface area contributed by atoms with Crippen LogP contribution in [-0.4, -0.2) is 15.5 Å². The van der Waals surface area contributed by atoms with Crippen molar-refractivity contribution in [2.24, 2.45) is 29.1 Å². The van der Waals surface area contributed by atoms with Gasteiger partial charge in [0.15, 0.2) is 0 Å². The van der Waals surface area contributed by atoms with Crippen LogP contribution in [0.15, 0.2) is 11.6 Å². The Hall–Kier alpha value is -0.260. The average molecular weight is 363 g/mol. The first-order valence-electron chi connectivity index (χ1n) is 9.03. The number of halogens is 1. The number of allylic oxidation sites excluding steroid dienone is 2. The number of rotatable bonds is 0. The molecule has 4 rings (SSSR count). The molecule has 120 valence electrons. The summed E-state index contributed by atoms with van der Waals surface area (Å²) in [5.41, 5.74) is 0.825. The zero-order valence-electron chi connectivity index (χ0n) is 13.5. The lowest BCUT2D eigenvalue weighted by Crippen LogP contribution is -2.52. The first kappa shape index (κ1) is 15.3. The summed E-state index contributed by atoms with van der Waals surface area (Å²) < 4.78 is 0. The smallest absolute Gasteiger partial charge is 0.130 e. The van der Waals surface area contributed by atoms with E-state index in [0.717, 1.165) is 37.0 Å². The molecule has 0 heterocycles. The van der Waals surface area contributed by atoms with Crippen LogP contribution in [0.5, 0.6) is 0 Å². The van der Waals surface area contributed by atoms with E-state index in [0.29, 0.717) is 10.7 Å². The van der Waals surface area contributed by atoms with Crippen molar-refractivity contribution in [3.63, 3.8) is 0 Å². The summed E-state index contributed by atoms with van der Waals surface area (Å²) in [7, 11) is 0. The normalized spacial score (nSPS) is 53.7. The predicted molar refractivity (Wildman–Crippen MR) is 93.6 cm³/mol. The number of aliphatic hydroxyl groups is 1. The molecule has 0 aliphatic heterocycles. The fourth-order valence-electron chi connectivity index (χ4n) is 6.54. The van der Waals surface area contributed by atoms with E-state index < -0.39 is 5.60 Å². The molecule has 0 bridgehead atoms. The quantitative estimate of drug-likeness (QED) is 0.376. The highest BCUT2D eigenvalue weighted by Gasteiger charge is 2.61. The Morgan fingerprint density at radius 2 is 2.00 bits per heavy atom. The number of terminal acetylenes is 1. The first-order chi connectivity index (χ1) is 10.5. The van der Waals surface area contributed by atoms with Gasteiger partial charge in [-0.1, -0.05) is 40.4 Å². The van der Waals surface area contributed by atoms with Crippen LogP contribution in [-0.2, 0) is 0 Å². The number of alkyl halides is 1. The van der Waals surface area contributed by atoms with E-state index in [9.17, 15) is 5.11 Å². The van der Waals surface area contributed by atoms with Gasteiger partial charge in [-0.25, -0.2) is 0 Å². The molecule has 0 saturated heterocycles. The zero-order chi connectivity index (χ0) is 15.5. The van der Waals surface area contributed by atoms with Crippen molar-refractivity contribution >= 4 is 15.9 Å². The fraction of sp³-hybridized carbons (Fsp3) is 0.800. The van der Waals surface area contributed by atoms with Gasteiger partial charge in [0, 0.05) is 10.2 Å². The van der Waals surface area contributed by atoms with Crippen LogP contribution in [0.25, 0.3) is 0 Å². The minimum Gasteiger partial charge on any atom is -0.377 e. The van der Waals surface area contributed by atoms with Crippen molar-refractivity contribution in [2.45, 2.75) is 68.7 Å². The van der Waals surface area contributed by atoms with Gasteiger partial charge in [0.05, 0.1) is 0 Å². The van der Waals surface area contributed by atoms with E-state index in [1.165, 1.54) is 32.1 Å². The third-order valence-electron chi connectivity index (χ3n) is 7.79. The molecule has 3 saturated carbocycles. The second kappa shape index (κ2) is 5.12. The van der Waals surface area contributed by atoms with Crippen LogP contribution in [0.4, 0.5) is 0 Å². The summed E-state index contributed by atoms with van der Waals surface area (Å²) in [5.74, 6) is 5.86. The predicted octanol–water partition coefficient (Wildman–Crippen LogP) is 4.69. The molecular weight excluding hydrogens is 336 g/mol. The Bertz CT molecular complexity index is 546. The minimum atomic E-state index is -0.855. The van der Waals surface area contributed by atoms with E-state index in [-0.39, 0.29) is 5.41 Å². The molecule has 1 N–H and O–H groups in total. The van der Waals surface area contributed by atoms with Crippen LogP contribution < -0.4 is 0 Å². The molecule has 0 aromatic rings. The van der Waals surface area contributed by atoms with Gasteiger partial charge in [-0.3, -0.25) is 0 Å². The Labute approximate surface area is 143 Å². The van der Waals surface area contributed by atoms with Gasteiger partial charge >= 0.3 is 0 Å². The van der Waals surface area contributed by atoms with Crippen LogP contribution in [0.1, 0.15) is 58.3 Å². The highest BCUT2D eigenvalue weighted by atomic mass is 79.9. The lowest BCUT2D eigenvalue weighted by molar-refractivity contribution is -0.0856. The Morgan fingerprint density at radius 1 is 1.18 bits per heavy atom. The number of fused-ring (bicyclic) bond motifs is 5. The molecule has 0 amide bonds. The van der Waals surface area contributed by atoms with E-state index >= 15 is 0 Å². The summed E-state index contributed by atoms with van der Waals surface area (Å²) in [6.07, 6.45) is 17.8. The van der Waals surface area contributed by atoms with E-state index in [1.54, 1.807) is 5.57 Å². The number of hydrogen-bond acceptors (Lipinski definition) is 1. The minimum absolute atomic E-state index is 0.0449. The maximum Gasteiger partial charge on any atom is 0.130 e. The molecule has 1 unspecified atom stereocenters. The van der Waals surface area contributed by atoms with E-state index in [2.05, 4.69) is 34.9 Å². The molecule has 0 radical (unpaired) electrons. The molecule has 4 aliphatic rings. The van der Waals surface area contributed by atoms with Gasteiger partial charge in [0.2, 0.25) is 0 Å². The summed E-state index contributed by atoms with van der Waals surface area (Å²) in [4.78, 5) is 0.599. The van der Waals surface area contributed by atoms with Gasteiger partial charge in [-0.15, -0.1) is 6.42 Å². The third kappa shape index (κ3) is 1.94. The summed E-state index contributed by atoms with van der Waals surface area (Å²) in [5, 5.41) is 11.0. The zero-order valence-corrected chi connectivity index (χ0v) is 15.1. The fourth-order valence-corrected chi connectivity index (χ4v) is 7.14. The average Bonchev–Trinajstić information content (AvgIpc) is 2.79. The molecule has 0 aromatic heterocycles. The summed E-state index contributed by atoms with van der Waals surface area (Å²) in [6.45, 7) is 2.28. The highest BCUT2D eigenvalue weighted by molar-refractivity contribution is 9.09. The Morgan fingerprint density at radius 3 is 2.77 bits per heavy atom. The van der Waals surface area contributed by atoms with Crippen LogP contribution in [0.2, 0.25) is 0 Å². The molecule has 3 fully saturated rings. The third-order valence-corrected chi connectivity index (χ3v) is 8.51. The SMILES string of the molecule is C#C[C@]1(O)CC[C@H]2[C@@H]3CCC4=CC(Br)CC[C@@H]4[C@H]3CC[C@@]21C. The molecule has 2 heteroatoms. The molecule has 0 aromatic carbocycles. The molecule has 1 nitrogen and oxygen atoms in total. The topological polar surface area (TPSA) is 20.2 Å². The lowest BCUT2D eigenvalue weighted by atomic mass is 9.50. The van der Waals surface area contributed by atoms with Crippen molar-refractivity contribution in [1.29, 1.82) is 0 Å². The Kier molecular flexibility index (Phi) is 3.55. The van der Waals surface area contributed by atoms with Gasteiger partial charge in [0.25, 0.3) is 0 Å². The molecule has 4 aliphatic carbocycles. The largest absolute Gasteiger partial charge is 0.377 e. The van der Waals surface area contributed by atoms with Gasteiger partial charge in [-0.2, -0.15) is 0 Å². The Balaban J connectivity index is 1.64. The van der Waals surface area contributed by atoms with Crippen LogP contribution >= 0.6 is 15.9 Å². The second-order valence-corrected chi connectivity index (χ2v) is 9.59. The van der Waals surface area contributed by atoms with Crippen molar-refractivity contribution in [1.82, 2.24) is 0 Å². The molecule has 7 atom stereocenters. The maximum absolute atomic E-state index is 11.0. The lowest BCUT2D eigenvalue weighted by Gasteiger charge is -2.55. The molecular formula is C20H27BrO. The maximum atomic E-state index is 11.0. The highest BCUT2D eigenvalue weighted by Crippen LogP contribution is 2.64.